The lowest BCUT2D eigenvalue weighted by Gasteiger charge is -2.32. The zero-order valence-electron chi connectivity index (χ0n) is 15.9. The maximum absolute atomic E-state index is 12.3. The molecule has 0 aliphatic carbocycles. The first-order valence-electron chi connectivity index (χ1n) is 9.51. The Kier molecular flexibility index (Phi) is 6.81. The molecule has 0 atom stereocenters. The second-order valence-electron chi connectivity index (χ2n) is 6.96. The molecule has 3 rings (SSSR count). The molecule has 1 aliphatic rings. The third kappa shape index (κ3) is 5.66. The van der Waals surface area contributed by atoms with Crippen molar-refractivity contribution in [3.05, 3.63) is 52.2 Å². The van der Waals surface area contributed by atoms with Gasteiger partial charge in [-0.2, -0.15) is 0 Å². The number of anilines is 1. The van der Waals surface area contributed by atoms with E-state index in [4.69, 9.17) is 0 Å². The summed E-state index contributed by atoms with van der Waals surface area (Å²) in [6, 6.07) is 13.0. The number of aryl methyl sites for hydroxylation is 1. The number of rotatable bonds is 6. The van der Waals surface area contributed by atoms with E-state index in [2.05, 4.69) is 10.6 Å². The average Bonchev–Trinajstić information content (AvgIpc) is 3.14. The number of benzene rings is 1. The normalized spacial score (nSPS) is 14.5. The molecule has 148 valence electrons. The van der Waals surface area contributed by atoms with E-state index in [0.29, 0.717) is 30.8 Å². The van der Waals surface area contributed by atoms with Crippen molar-refractivity contribution in [3.8, 4) is 0 Å². The van der Waals surface area contributed by atoms with Crippen molar-refractivity contribution in [2.24, 2.45) is 0 Å². The second-order valence-corrected chi connectivity index (χ2v) is 8.25. The summed E-state index contributed by atoms with van der Waals surface area (Å²) in [5.74, 6) is -0.0885. The summed E-state index contributed by atoms with van der Waals surface area (Å²) in [5, 5.41) is 5.87. The number of nitrogens with zero attached hydrogens (tertiary/aromatic N) is 1. The Labute approximate surface area is 168 Å². The second kappa shape index (κ2) is 9.50. The summed E-state index contributed by atoms with van der Waals surface area (Å²) in [5.41, 5.74) is 0.772. The van der Waals surface area contributed by atoms with E-state index in [0.717, 1.165) is 10.6 Å². The molecule has 0 spiro atoms. The van der Waals surface area contributed by atoms with Gasteiger partial charge in [-0.05, 0) is 44.0 Å². The van der Waals surface area contributed by atoms with Crippen LogP contribution >= 0.6 is 11.3 Å². The molecule has 2 aromatic rings. The predicted octanol–water partition coefficient (Wildman–Crippen LogP) is 3.83. The van der Waals surface area contributed by atoms with Gasteiger partial charge in [0, 0.05) is 42.5 Å². The zero-order valence-corrected chi connectivity index (χ0v) is 16.8. The molecule has 1 aliphatic heterocycles. The molecule has 0 bridgehead atoms. The topological polar surface area (TPSA) is 78.5 Å². The molecule has 0 unspecified atom stereocenters. The molecule has 1 saturated heterocycles. The molecule has 28 heavy (non-hydrogen) atoms. The Morgan fingerprint density at radius 2 is 1.75 bits per heavy atom. The number of nitrogens with one attached hydrogen (secondary N) is 2. The van der Waals surface area contributed by atoms with Crippen LogP contribution in [-0.4, -0.2) is 41.8 Å². The van der Waals surface area contributed by atoms with Crippen LogP contribution in [0.1, 0.15) is 40.2 Å². The first-order chi connectivity index (χ1) is 13.5. The maximum atomic E-state index is 12.3. The van der Waals surface area contributed by atoms with Crippen LogP contribution in [0.2, 0.25) is 0 Å². The van der Waals surface area contributed by atoms with Crippen molar-refractivity contribution in [3.63, 3.8) is 0 Å². The van der Waals surface area contributed by atoms with Gasteiger partial charge >= 0.3 is 6.03 Å². The lowest BCUT2D eigenvalue weighted by molar-refractivity contribution is -0.122. The van der Waals surface area contributed by atoms with Crippen LogP contribution in [0.4, 0.5) is 10.5 Å². The number of para-hydroxylation sites is 1. The minimum Gasteiger partial charge on any atom is -0.353 e. The number of amides is 3. The molecule has 2 heterocycles. The lowest BCUT2D eigenvalue weighted by atomic mass is 10.0. The van der Waals surface area contributed by atoms with Crippen molar-refractivity contribution >= 4 is 34.7 Å². The fourth-order valence-electron chi connectivity index (χ4n) is 3.19. The summed E-state index contributed by atoms with van der Waals surface area (Å²) >= 11 is 1.46. The molecule has 0 saturated carbocycles. The molecule has 1 aromatic heterocycles. The number of Topliss-reactive ketones (excluding diaryl/α,β-unsaturated/α-hetero) is 1. The van der Waals surface area contributed by atoms with Gasteiger partial charge in [0.05, 0.1) is 4.88 Å². The smallest absolute Gasteiger partial charge is 0.321 e. The minimum atomic E-state index is -0.118. The highest BCUT2D eigenvalue weighted by atomic mass is 32.1. The number of urea groups is 1. The third-order valence-corrected chi connectivity index (χ3v) is 5.81. The highest BCUT2D eigenvalue weighted by molar-refractivity contribution is 7.14. The van der Waals surface area contributed by atoms with E-state index >= 15 is 0 Å². The van der Waals surface area contributed by atoms with E-state index < -0.39 is 0 Å². The summed E-state index contributed by atoms with van der Waals surface area (Å²) < 4.78 is 0. The molecule has 2 N–H and O–H groups in total. The van der Waals surface area contributed by atoms with Crippen LogP contribution in [0.15, 0.2) is 42.5 Å². The number of hydrogen-bond acceptors (Lipinski definition) is 4. The fraction of sp³-hybridized carbons (Fsp3) is 0.381. The molecular formula is C21H25N3O3S. The summed E-state index contributed by atoms with van der Waals surface area (Å²) in [6.45, 7) is 3.15. The Balaban J connectivity index is 1.37. The SMILES string of the molecule is Cc1ccc(C(=O)CCC(=O)NC2CCN(C(=O)Nc3ccccc3)CC2)s1. The number of carbonyl (C=O) groups is 3. The quantitative estimate of drug-likeness (QED) is 0.725. The monoisotopic (exact) mass is 399 g/mol. The van der Waals surface area contributed by atoms with Gasteiger partial charge in [0.25, 0.3) is 0 Å². The van der Waals surface area contributed by atoms with Crippen molar-refractivity contribution in [1.29, 1.82) is 0 Å². The number of carbonyl (C=O) groups excluding carboxylic acids is 3. The van der Waals surface area contributed by atoms with Gasteiger partial charge in [-0.3, -0.25) is 9.59 Å². The number of ketones is 1. The van der Waals surface area contributed by atoms with E-state index in [9.17, 15) is 14.4 Å². The molecule has 3 amide bonds. The van der Waals surface area contributed by atoms with Crippen molar-refractivity contribution in [1.82, 2.24) is 10.2 Å². The van der Waals surface area contributed by atoms with Crippen molar-refractivity contribution in [2.45, 2.75) is 38.6 Å². The van der Waals surface area contributed by atoms with E-state index in [1.807, 2.05) is 49.4 Å². The van der Waals surface area contributed by atoms with E-state index in [1.165, 1.54) is 11.3 Å². The molecule has 6 nitrogen and oxygen atoms in total. The maximum Gasteiger partial charge on any atom is 0.321 e. The van der Waals surface area contributed by atoms with Gasteiger partial charge in [0.2, 0.25) is 5.91 Å². The molecule has 1 aromatic carbocycles. The van der Waals surface area contributed by atoms with Crippen LogP contribution in [0.25, 0.3) is 0 Å². The molecule has 0 radical (unpaired) electrons. The zero-order chi connectivity index (χ0) is 19.9. The Morgan fingerprint density at radius 3 is 2.39 bits per heavy atom. The van der Waals surface area contributed by atoms with Gasteiger partial charge < -0.3 is 15.5 Å². The number of likely N-dealkylation sites (tertiary alicyclic amines) is 1. The van der Waals surface area contributed by atoms with Crippen LogP contribution in [0.5, 0.6) is 0 Å². The van der Waals surface area contributed by atoms with E-state index in [-0.39, 0.29) is 36.6 Å². The van der Waals surface area contributed by atoms with Gasteiger partial charge in [-0.1, -0.05) is 18.2 Å². The molecule has 1 fully saturated rings. The Morgan fingerprint density at radius 1 is 1.04 bits per heavy atom. The van der Waals surface area contributed by atoms with Crippen LogP contribution < -0.4 is 10.6 Å². The molecular weight excluding hydrogens is 374 g/mol. The van der Waals surface area contributed by atoms with Crippen LogP contribution in [0, 0.1) is 6.92 Å². The van der Waals surface area contributed by atoms with E-state index in [1.54, 1.807) is 4.90 Å². The number of hydrogen-bond donors (Lipinski definition) is 2. The summed E-state index contributed by atoms with van der Waals surface area (Å²) in [4.78, 5) is 40.1. The average molecular weight is 400 g/mol. The van der Waals surface area contributed by atoms with Crippen LogP contribution in [0.3, 0.4) is 0 Å². The minimum absolute atomic E-state index is 0.0145. The highest BCUT2D eigenvalue weighted by Crippen LogP contribution is 2.18. The largest absolute Gasteiger partial charge is 0.353 e. The lowest BCUT2D eigenvalue weighted by Crippen LogP contribution is -2.47. The third-order valence-electron chi connectivity index (χ3n) is 4.77. The summed E-state index contributed by atoms with van der Waals surface area (Å²) in [7, 11) is 0. The Hall–Kier alpha value is -2.67. The van der Waals surface area contributed by atoms with Crippen LogP contribution in [-0.2, 0) is 4.79 Å². The number of piperidine rings is 1. The van der Waals surface area contributed by atoms with Gasteiger partial charge in [0.1, 0.15) is 0 Å². The fourth-order valence-corrected chi connectivity index (χ4v) is 4.02. The summed E-state index contributed by atoms with van der Waals surface area (Å²) in [6.07, 6.45) is 1.85. The van der Waals surface area contributed by atoms with Crippen molar-refractivity contribution < 1.29 is 14.4 Å². The van der Waals surface area contributed by atoms with Gasteiger partial charge in [0.15, 0.2) is 5.78 Å². The van der Waals surface area contributed by atoms with Gasteiger partial charge in [-0.15, -0.1) is 11.3 Å². The van der Waals surface area contributed by atoms with Gasteiger partial charge in [-0.25, -0.2) is 4.79 Å². The first-order valence-corrected chi connectivity index (χ1v) is 10.3. The standard InChI is InChI=1S/C21H25N3O3S/c1-15-7-9-19(28-15)18(25)8-10-20(26)22-17-11-13-24(14-12-17)21(27)23-16-5-3-2-4-6-16/h2-7,9,17H,8,10-14H2,1H3,(H,22,26)(H,23,27). The van der Waals surface area contributed by atoms with Crippen molar-refractivity contribution in [2.75, 3.05) is 18.4 Å². The highest BCUT2D eigenvalue weighted by Gasteiger charge is 2.24. The number of thiophene rings is 1. The predicted molar refractivity (Wildman–Crippen MR) is 111 cm³/mol. The molecule has 7 heteroatoms. The first kappa shape index (κ1) is 20.1. The Bertz CT molecular complexity index is 826.